The van der Waals surface area contributed by atoms with Crippen LogP contribution in [0.15, 0.2) is 72.9 Å². The quantitative estimate of drug-likeness (QED) is 0.560. The summed E-state index contributed by atoms with van der Waals surface area (Å²) in [6.07, 6.45) is 1.40. The highest BCUT2D eigenvalue weighted by Crippen LogP contribution is 2.28. The van der Waals surface area contributed by atoms with Crippen molar-refractivity contribution < 1.29 is 14.6 Å². The van der Waals surface area contributed by atoms with E-state index in [0.29, 0.717) is 5.82 Å². The molecule has 0 spiro atoms. The van der Waals surface area contributed by atoms with Gasteiger partial charge < -0.3 is 15.2 Å². The van der Waals surface area contributed by atoms with Gasteiger partial charge in [-0.2, -0.15) is 0 Å². The van der Waals surface area contributed by atoms with Crippen LogP contribution in [0.5, 0.6) is 11.5 Å². The number of rotatable bonds is 4. The van der Waals surface area contributed by atoms with Crippen LogP contribution in [-0.2, 0) is 0 Å². The van der Waals surface area contributed by atoms with E-state index in [-0.39, 0.29) is 17.2 Å². The summed E-state index contributed by atoms with van der Waals surface area (Å²) in [5, 5.41) is 13.7. The lowest BCUT2D eigenvalue weighted by atomic mass is 10.0. The molecule has 4 aromatic rings. The number of amides is 1. The minimum atomic E-state index is -0.566. The number of carbonyl (C=O) groups excluding carboxylic acids is 1. The lowest BCUT2D eigenvalue weighted by Gasteiger charge is -2.09. The van der Waals surface area contributed by atoms with E-state index in [1.807, 2.05) is 36.4 Å². The number of carbonyl (C=O) groups is 1. The maximum absolute atomic E-state index is 12.4. The zero-order valence-electron chi connectivity index (χ0n) is 15.1. The van der Waals surface area contributed by atoms with Crippen LogP contribution in [0.1, 0.15) is 10.5 Å². The molecule has 0 radical (unpaired) electrons. The van der Waals surface area contributed by atoms with Gasteiger partial charge in [0.2, 0.25) is 0 Å². The van der Waals surface area contributed by atoms with E-state index in [1.165, 1.54) is 19.4 Å². The van der Waals surface area contributed by atoms with E-state index in [9.17, 15) is 9.90 Å². The number of aromatic nitrogens is 2. The number of benzene rings is 2. The average Bonchev–Trinajstić information content (AvgIpc) is 2.74. The molecule has 2 heterocycles. The van der Waals surface area contributed by atoms with Crippen molar-refractivity contribution in [2.45, 2.75) is 0 Å². The van der Waals surface area contributed by atoms with E-state index in [4.69, 9.17) is 4.74 Å². The fraction of sp³-hybridized carbons (Fsp3) is 0.0455. The first-order valence-corrected chi connectivity index (χ1v) is 8.65. The van der Waals surface area contributed by atoms with Crippen molar-refractivity contribution in [2.24, 2.45) is 0 Å². The molecule has 0 fully saturated rings. The molecule has 6 nitrogen and oxygen atoms in total. The molecule has 2 aromatic carbocycles. The summed E-state index contributed by atoms with van der Waals surface area (Å²) < 4.78 is 5.01. The van der Waals surface area contributed by atoms with Gasteiger partial charge in [-0.25, -0.2) is 9.97 Å². The summed E-state index contributed by atoms with van der Waals surface area (Å²) in [5.41, 5.74) is 2.85. The number of hydrogen-bond acceptors (Lipinski definition) is 5. The van der Waals surface area contributed by atoms with Crippen LogP contribution < -0.4 is 10.1 Å². The van der Waals surface area contributed by atoms with E-state index in [1.54, 1.807) is 6.07 Å². The molecule has 0 aliphatic carbocycles. The summed E-state index contributed by atoms with van der Waals surface area (Å²) in [5.74, 6) is -0.325. The van der Waals surface area contributed by atoms with Gasteiger partial charge in [0.25, 0.3) is 5.91 Å². The fourth-order valence-electron chi connectivity index (χ4n) is 2.95. The third-order valence-electron chi connectivity index (χ3n) is 4.36. The molecule has 2 aromatic heterocycles. The van der Waals surface area contributed by atoms with E-state index in [2.05, 4.69) is 33.5 Å². The lowest BCUT2D eigenvalue weighted by Crippen LogP contribution is -2.15. The Morgan fingerprint density at radius 3 is 2.61 bits per heavy atom. The monoisotopic (exact) mass is 371 g/mol. The first-order valence-electron chi connectivity index (χ1n) is 8.65. The van der Waals surface area contributed by atoms with Crippen LogP contribution in [0, 0.1) is 0 Å². The first-order chi connectivity index (χ1) is 13.7. The van der Waals surface area contributed by atoms with Crippen molar-refractivity contribution in [3.63, 3.8) is 0 Å². The number of nitrogens with zero attached hydrogens (tertiary/aromatic N) is 2. The SMILES string of the molecule is COc1ccnc(C(=O)Nc2ccc3cc(-c4ccccc4)ccc3n2)c1O. The maximum Gasteiger partial charge on any atom is 0.279 e. The largest absolute Gasteiger partial charge is 0.503 e. The van der Waals surface area contributed by atoms with Gasteiger partial charge >= 0.3 is 0 Å². The van der Waals surface area contributed by atoms with Crippen molar-refractivity contribution in [3.8, 4) is 22.6 Å². The highest BCUT2D eigenvalue weighted by molar-refractivity contribution is 6.05. The summed E-state index contributed by atoms with van der Waals surface area (Å²) in [6, 6.07) is 21.1. The first kappa shape index (κ1) is 17.5. The minimum absolute atomic E-state index is 0.124. The molecule has 4 rings (SSSR count). The van der Waals surface area contributed by atoms with E-state index in [0.717, 1.165) is 22.0 Å². The Labute approximate surface area is 161 Å². The van der Waals surface area contributed by atoms with Crippen LogP contribution in [0.2, 0.25) is 0 Å². The molecule has 6 heteroatoms. The highest BCUT2D eigenvalue weighted by atomic mass is 16.5. The Morgan fingerprint density at radius 2 is 1.82 bits per heavy atom. The van der Waals surface area contributed by atoms with Crippen molar-refractivity contribution >= 4 is 22.6 Å². The third-order valence-corrected chi connectivity index (χ3v) is 4.36. The molecule has 0 saturated heterocycles. The van der Waals surface area contributed by atoms with Crippen molar-refractivity contribution in [3.05, 3.63) is 78.6 Å². The molecule has 0 atom stereocenters. The van der Waals surface area contributed by atoms with Crippen molar-refractivity contribution in [1.29, 1.82) is 0 Å². The van der Waals surface area contributed by atoms with Crippen molar-refractivity contribution in [2.75, 3.05) is 12.4 Å². The lowest BCUT2D eigenvalue weighted by molar-refractivity contribution is 0.101. The number of hydrogen-bond donors (Lipinski definition) is 2. The maximum atomic E-state index is 12.4. The van der Waals surface area contributed by atoms with E-state index >= 15 is 0 Å². The number of nitrogens with one attached hydrogen (secondary N) is 1. The Morgan fingerprint density at radius 1 is 1.00 bits per heavy atom. The molecule has 0 aliphatic rings. The van der Waals surface area contributed by atoms with Gasteiger partial charge in [0.15, 0.2) is 17.2 Å². The number of anilines is 1. The van der Waals surface area contributed by atoms with Crippen LogP contribution in [0.3, 0.4) is 0 Å². The summed E-state index contributed by atoms with van der Waals surface area (Å²) in [4.78, 5) is 20.8. The smallest absolute Gasteiger partial charge is 0.279 e. The third kappa shape index (κ3) is 3.35. The van der Waals surface area contributed by atoms with Gasteiger partial charge in [-0.05, 0) is 35.4 Å². The van der Waals surface area contributed by atoms with Gasteiger partial charge in [-0.15, -0.1) is 0 Å². The molecular weight excluding hydrogens is 354 g/mol. The van der Waals surface area contributed by atoms with Crippen molar-refractivity contribution in [1.82, 2.24) is 9.97 Å². The Balaban J connectivity index is 1.61. The Kier molecular flexibility index (Phi) is 4.60. The summed E-state index contributed by atoms with van der Waals surface area (Å²) in [6.45, 7) is 0. The number of pyridine rings is 2. The minimum Gasteiger partial charge on any atom is -0.503 e. The molecule has 1 amide bonds. The average molecular weight is 371 g/mol. The zero-order chi connectivity index (χ0) is 19.5. The molecule has 0 bridgehead atoms. The summed E-state index contributed by atoms with van der Waals surface area (Å²) >= 11 is 0. The van der Waals surface area contributed by atoms with Crippen LogP contribution >= 0.6 is 0 Å². The molecule has 2 N–H and O–H groups in total. The Bertz CT molecular complexity index is 1160. The van der Waals surface area contributed by atoms with Crippen LogP contribution in [-0.4, -0.2) is 28.1 Å². The van der Waals surface area contributed by atoms with E-state index < -0.39 is 5.91 Å². The topological polar surface area (TPSA) is 84.3 Å². The number of methoxy groups -OCH3 is 1. The normalized spacial score (nSPS) is 10.6. The molecule has 138 valence electrons. The predicted octanol–water partition coefficient (Wildman–Crippen LogP) is 4.26. The molecule has 0 saturated carbocycles. The predicted molar refractivity (Wildman–Crippen MR) is 108 cm³/mol. The second-order valence-corrected chi connectivity index (χ2v) is 6.13. The number of ether oxygens (including phenoxy) is 1. The number of fused-ring (bicyclic) bond motifs is 1. The van der Waals surface area contributed by atoms with Gasteiger partial charge in [0, 0.05) is 17.6 Å². The fourth-order valence-corrected chi connectivity index (χ4v) is 2.95. The molecule has 0 aliphatic heterocycles. The van der Waals surface area contributed by atoms with Crippen LogP contribution in [0.4, 0.5) is 5.82 Å². The van der Waals surface area contributed by atoms with Crippen LogP contribution in [0.25, 0.3) is 22.0 Å². The highest BCUT2D eigenvalue weighted by Gasteiger charge is 2.17. The van der Waals surface area contributed by atoms with Gasteiger partial charge in [0.05, 0.1) is 12.6 Å². The summed E-state index contributed by atoms with van der Waals surface area (Å²) in [7, 11) is 1.41. The second kappa shape index (κ2) is 7.36. The second-order valence-electron chi connectivity index (χ2n) is 6.13. The number of aromatic hydroxyl groups is 1. The van der Waals surface area contributed by atoms with Gasteiger partial charge in [-0.3, -0.25) is 4.79 Å². The van der Waals surface area contributed by atoms with Gasteiger partial charge in [0.1, 0.15) is 5.82 Å². The molecule has 28 heavy (non-hydrogen) atoms. The molecule has 0 unspecified atom stereocenters. The molecular formula is C22H17N3O3. The van der Waals surface area contributed by atoms with Gasteiger partial charge in [-0.1, -0.05) is 36.4 Å². The zero-order valence-corrected chi connectivity index (χ0v) is 15.1. The standard InChI is InChI=1S/C22H17N3O3/c1-28-18-11-12-23-20(21(18)26)22(27)25-19-10-8-16-13-15(7-9-17(16)24-19)14-5-3-2-4-6-14/h2-13,26H,1H3,(H,24,25,27). The Hall–Kier alpha value is -3.93.